The highest BCUT2D eigenvalue weighted by Crippen LogP contribution is 2.33. The maximum absolute atomic E-state index is 11.6. The average Bonchev–Trinajstić information content (AvgIpc) is 2.65. The normalized spacial score (nSPS) is 36.9. The Morgan fingerprint density at radius 3 is 3.08 bits per heavy atom. The van der Waals surface area contributed by atoms with Gasteiger partial charge in [0.2, 0.25) is 0 Å². The molecule has 0 saturated carbocycles. The molecule has 2 saturated heterocycles. The minimum Gasteiger partial charge on any atom is -0.379 e. The van der Waals surface area contributed by atoms with Gasteiger partial charge in [-0.2, -0.15) is 0 Å². The number of Topliss-reactive ketones (excluding diaryl/α,β-unsaturated/α-hetero) is 1. The smallest absolute Gasteiger partial charge is 0.156 e. The van der Waals surface area contributed by atoms with Crippen LogP contribution in [0, 0.1) is 0 Å². The molecule has 2 aliphatic heterocycles. The highest BCUT2D eigenvalue weighted by molar-refractivity contribution is 5.91. The second-order valence-electron chi connectivity index (χ2n) is 3.59. The van der Waals surface area contributed by atoms with Gasteiger partial charge in [-0.1, -0.05) is 6.92 Å². The average molecular weight is 169 g/mol. The number of likely N-dealkylation sites (tertiary alicyclic amines) is 1. The molecule has 0 aromatic carbocycles. The van der Waals surface area contributed by atoms with Gasteiger partial charge in [-0.05, 0) is 13.0 Å². The van der Waals surface area contributed by atoms with Gasteiger partial charge in [-0.15, -0.1) is 0 Å². The van der Waals surface area contributed by atoms with E-state index in [4.69, 9.17) is 4.74 Å². The first-order valence-corrected chi connectivity index (χ1v) is 4.66. The summed E-state index contributed by atoms with van der Waals surface area (Å²) >= 11 is 0. The molecule has 0 amide bonds. The Morgan fingerprint density at radius 2 is 2.50 bits per heavy atom. The lowest BCUT2D eigenvalue weighted by Crippen LogP contribution is -2.48. The van der Waals surface area contributed by atoms with E-state index in [1.165, 1.54) is 0 Å². The summed E-state index contributed by atoms with van der Waals surface area (Å²) in [5.41, 5.74) is -0.214. The molecule has 2 aliphatic rings. The molecule has 1 atom stereocenters. The van der Waals surface area contributed by atoms with E-state index in [0.29, 0.717) is 12.4 Å². The van der Waals surface area contributed by atoms with Crippen molar-refractivity contribution >= 4 is 5.78 Å². The minimum absolute atomic E-state index is 0.214. The van der Waals surface area contributed by atoms with E-state index in [2.05, 4.69) is 11.8 Å². The van der Waals surface area contributed by atoms with Gasteiger partial charge in [0.05, 0.1) is 6.61 Å². The first-order valence-electron chi connectivity index (χ1n) is 4.66. The van der Waals surface area contributed by atoms with E-state index in [1.54, 1.807) is 0 Å². The van der Waals surface area contributed by atoms with Crippen LogP contribution in [0.1, 0.15) is 19.8 Å². The van der Waals surface area contributed by atoms with Crippen LogP contribution in [0.25, 0.3) is 0 Å². The van der Waals surface area contributed by atoms with Crippen LogP contribution < -0.4 is 0 Å². The highest BCUT2D eigenvalue weighted by Gasteiger charge is 2.49. The number of nitrogens with zero attached hydrogens (tertiary/aromatic N) is 1. The summed E-state index contributed by atoms with van der Waals surface area (Å²) in [6, 6.07) is 0. The zero-order chi connectivity index (χ0) is 8.60. The Labute approximate surface area is 72.7 Å². The Morgan fingerprint density at radius 1 is 1.67 bits per heavy atom. The molecule has 0 radical (unpaired) electrons. The van der Waals surface area contributed by atoms with Crippen LogP contribution >= 0.6 is 0 Å². The SMILES string of the molecule is CCN1CCC(=O)C12CCOC2. The van der Waals surface area contributed by atoms with Crippen molar-refractivity contribution in [1.82, 2.24) is 4.90 Å². The fourth-order valence-corrected chi connectivity index (χ4v) is 2.34. The minimum atomic E-state index is -0.214. The number of carbonyl (C=O) groups is 1. The van der Waals surface area contributed by atoms with E-state index < -0.39 is 0 Å². The number of hydrogen-bond acceptors (Lipinski definition) is 3. The van der Waals surface area contributed by atoms with Crippen molar-refractivity contribution in [2.45, 2.75) is 25.3 Å². The van der Waals surface area contributed by atoms with Crippen molar-refractivity contribution in [2.24, 2.45) is 0 Å². The van der Waals surface area contributed by atoms with Crippen molar-refractivity contribution < 1.29 is 9.53 Å². The quantitative estimate of drug-likeness (QED) is 0.570. The third kappa shape index (κ3) is 0.930. The first-order chi connectivity index (χ1) is 5.79. The van der Waals surface area contributed by atoms with Crippen LogP contribution in [0.4, 0.5) is 0 Å². The van der Waals surface area contributed by atoms with Gasteiger partial charge in [0, 0.05) is 19.6 Å². The molecule has 2 heterocycles. The number of rotatable bonds is 1. The molecule has 2 rings (SSSR count). The lowest BCUT2D eigenvalue weighted by Gasteiger charge is -2.30. The molecular weight excluding hydrogens is 154 g/mol. The van der Waals surface area contributed by atoms with Gasteiger partial charge < -0.3 is 4.74 Å². The maximum Gasteiger partial charge on any atom is 0.156 e. The Hall–Kier alpha value is -0.410. The number of ketones is 1. The van der Waals surface area contributed by atoms with Crippen LogP contribution in [0.2, 0.25) is 0 Å². The molecule has 0 aromatic heterocycles. The van der Waals surface area contributed by atoms with Crippen LogP contribution in [0.15, 0.2) is 0 Å². The molecule has 0 aromatic rings. The topological polar surface area (TPSA) is 29.5 Å². The van der Waals surface area contributed by atoms with Crippen LogP contribution in [0.3, 0.4) is 0 Å². The fourth-order valence-electron chi connectivity index (χ4n) is 2.34. The number of likely N-dealkylation sites (N-methyl/N-ethyl adjacent to an activating group) is 1. The van der Waals surface area contributed by atoms with Gasteiger partial charge in [-0.25, -0.2) is 0 Å². The molecular formula is C9H15NO2. The van der Waals surface area contributed by atoms with E-state index in [-0.39, 0.29) is 5.54 Å². The third-order valence-electron chi connectivity index (χ3n) is 3.12. The number of carbonyl (C=O) groups excluding carboxylic acids is 1. The lowest BCUT2D eigenvalue weighted by atomic mass is 9.94. The van der Waals surface area contributed by atoms with Crippen molar-refractivity contribution in [2.75, 3.05) is 26.3 Å². The fraction of sp³-hybridized carbons (Fsp3) is 0.889. The van der Waals surface area contributed by atoms with E-state index in [0.717, 1.165) is 32.5 Å². The molecule has 3 nitrogen and oxygen atoms in total. The standard InChI is InChI=1S/C9H15NO2/c1-2-10-5-3-8(11)9(10)4-6-12-7-9/h2-7H2,1H3. The monoisotopic (exact) mass is 169 g/mol. The Bertz CT molecular complexity index is 197. The van der Waals surface area contributed by atoms with Crippen molar-refractivity contribution in [3.63, 3.8) is 0 Å². The largest absolute Gasteiger partial charge is 0.379 e. The summed E-state index contributed by atoms with van der Waals surface area (Å²) in [6.45, 7) is 5.38. The predicted octanol–water partition coefficient (Wildman–Crippen LogP) is 0.440. The summed E-state index contributed by atoms with van der Waals surface area (Å²) < 4.78 is 5.32. The third-order valence-corrected chi connectivity index (χ3v) is 3.12. The summed E-state index contributed by atoms with van der Waals surface area (Å²) in [7, 11) is 0. The molecule has 0 N–H and O–H groups in total. The van der Waals surface area contributed by atoms with E-state index in [1.807, 2.05) is 0 Å². The second-order valence-corrected chi connectivity index (χ2v) is 3.59. The molecule has 12 heavy (non-hydrogen) atoms. The van der Waals surface area contributed by atoms with Gasteiger partial charge >= 0.3 is 0 Å². The molecule has 0 bridgehead atoms. The van der Waals surface area contributed by atoms with Crippen molar-refractivity contribution in [3.8, 4) is 0 Å². The van der Waals surface area contributed by atoms with Crippen molar-refractivity contribution in [1.29, 1.82) is 0 Å². The molecule has 1 spiro atoms. The van der Waals surface area contributed by atoms with Crippen LogP contribution in [0.5, 0.6) is 0 Å². The van der Waals surface area contributed by atoms with Crippen molar-refractivity contribution in [3.05, 3.63) is 0 Å². The van der Waals surface area contributed by atoms with Gasteiger partial charge in [0.25, 0.3) is 0 Å². The summed E-state index contributed by atoms with van der Waals surface area (Å²) in [5.74, 6) is 0.391. The first kappa shape index (κ1) is 8.20. The maximum atomic E-state index is 11.6. The molecule has 68 valence electrons. The lowest BCUT2D eigenvalue weighted by molar-refractivity contribution is -0.125. The Kier molecular flexibility index (Phi) is 1.93. The summed E-state index contributed by atoms with van der Waals surface area (Å²) in [4.78, 5) is 13.9. The predicted molar refractivity (Wildman–Crippen MR) is 45.0 cm³/mol. The van der Waals surface area contributed by atoms with E-state index >= 15 is 0 Å². The van der Waals surface area contributed by atoms with E-state index in [9.17, 15) is 4.79 Å². The molecule has 0 aliphatic carbocycles. The number of ether oxygens (including phenoxy) is 1. The molecule has 2 fully saturated rings. The Balaban J connectivity index is 2.23. The zero-order valence-electron chi connectivity index (χ0n) is 7.51. The highest BCUT2D eigenvalue weighted by atomic mass is 16.5. The van der Waals surface area contributed by atoms with Gasteiger partial charge in [0.15, 0.2) is 5.78 Å². The summed E-state index contributed by atoms with van der Waals surface area (Å²) in [6.07, 6.45) is 1.62. The van der Waals surface area contributed by atoms with Gasteiger partial charge in [0.1, 0.15) is 5.54 Å². The zero-order valence-corrected chi connectivity index (χ0v) is 7.51. The van der Waals surface area contributed by atoms with Gasteiger partial charge in [-0.3, -0.25) is 9.69 Å². The second kappa shape index (κ2) is 2.82. The molecule has 3 heteroatoms. The molecule has 1 unspecified atom stereocenters. The summed E-state index contributed by atoms with van der Waals surface area (Å²) in [5, 5.41) is 0. The van der Waals surface area contributed by atoms with Crippen LogP contribution in [-0.4, -0.2) is 42.5 Å². The number of hydrogen-bond donors (Lipinski definition) is 0. The van der Waals surface area contributed by atoms with Crippen LogP contribution in [-0.2, 0) is 9.53 Å².